The van der Waals surface area contributed by atoms with Crippen molar-refractivity contribution in [3.8, 4) is 17.3 Å². The fourth-order valence-corrected chi connectivity index (χ4v) is 2.99. The lowest BCUT2D eigenvalue weighted by Gasteiger charge is -2.10. The third-order valence-corrected chi connectivity index (χ3v) is 4.95. The second kappa shape index (κ2) is 6.18. The zero-order chi connectivity index (χ0) is 17.4. The van der Waals surface area contributed by atoms with E-state index in [1.165, 1.54) is 17.7 Å². The van der Waals surface area contributed by atoms with Crippen LogP contribution in [0.4, 0.5) is 10.1 Å². The van der Waals surface area contributed by atoms with Gasteiger partial charge in [-0.1, -0.05) is 11.6 Å². The van der Waals surface area contributed by atoms with Gasteiger partial charge in [-0.25, -0.2) is 12.8 Å². The predicted molar refractivity (Wildman–Crippen MR) is 86.1 cm³/mol. The summed E-state index contributed by atoms with van der Waals surface area (Å²) in [7, 11) is -1.99. The second-order valence-corrected chi connectivity index (χ2v) is 7.29. The van der Waals surface area contributed by atoms with E-state index in [0.29, 0.717) is 11.3 Å². The highest BCUT2D eigenvalue weighted by Crippen LogP contribution is 2.33. The van der Waals surface area contributed by atoms with Gasteiger partial charge in [-0.05, 0) is 26.0 Å². The van der Waals surface area contributed by atoms with Crippen LogP contribution in [0.25, 0.3) is 11.3 Å². The number of nitriles is 1. The van der Waals surface area contributed by atoms with E-state index in [0.717, 1.165) is 6.07 Å². The molecular formula is C14H14ClFN4O2S. The van der Waals surface area contributed by atoms with Gasteiger partial charge in [-0.2, -0.15) is 10.4 Å². The number of benzene rings is 1. The standard InChI is InChI=1S/C14H14ClFN4O2S/c1-4-23(21,22)19-12-5-9(11(16)6-10(12)15)14-8(2)13(7-17)20(3)18-14/h5-6,19H,4H2,1-3H3. The molecule has 0 unspecified atom stereocenters. The summed E-state index contributed by atoms with van der Waals surface area (Å²) in [4.78, 5) is 0. The average Bonchev–Trinajstić information content (AvgIpc) is 2.76. The van der Waals surface area contributed by atoms with Crippen molar-refractivity contribution < 1.29 is 12.8 Å². The molecule has 0 aliphatic carbocycles. The van der Waals surface area contributed by atoms with Crippen molar-refractivity contribution in [3.63, 3.8) is 0 Å². The SMILES string of the molecule is CCS(=O)(=O)Nc1cc(-c2nn(C)c(C#N)c2C)c(F)cc1Cl. The molecule has 0 spiro atoms. The Morgan fingerprint density at radius 1 is 1.48 bits per heavy atom. The number of hydrogen-bond donors (Lipinski definition) is 1. The minimum absolute atomic E-state index is 0.0580. The number of halogens is 2. The van der Waals surface area contributed by atoms with Crippen molar-refractivity contribution in [2.75, 3.05) is 10.5 Å². The Labute approximate surface area is 138 Å². The van der Waals surface area contributed by atoms with Crippen LogP contribution >= 0.6 is 11.6 Å². The minimum atomic E-state index is -3.56. The van der Waals surface area contributed by atoms with Gasteiger partial charge in [0.05, 0.1) is 22.2 Å². The molecule has 0 saturated heterocycles. The number of rotatable bonds is 4. The van der Waals surface area contributed by atoms with E-state index in [9.17, 15) is 12.8 Å². The van der Waals surface area contributed by atoms with Crippen LogP contribution in [0.5, 0.6) is 0 Å². The monoisotopic (exact) mass is 356 g/mol. The lowest BCUT2D eigenvalue weighted by Crippen LogP contribution is -2.15. The van der Waals surface area contributed by atoms with Crippen molar-refractivity contribution in [3.05, 3.63) is 34.2 Å². The number of aryl methyl sites for hydroxylation is 1. The van der Waals surface area contributed by atoms with Crippen LogP contribution < -0.4 is 4.72 Å². The molecule has 0 aliphatic rings. The van der Waals surface area contributed by atoms with Crippen molar-refractivity contribution >= 4 is 27.3 Å². The van der Waals surface area contributed by atoms with Crippen LogP contribution in [0.1, 0.15) is 18.2 Å². The second-order valence-electron chi connectivity index (χ2n) is 4.88. The molecule has 2 aromatic rings. The molecule has 1 aromatic carbocycles. The third kappa shape index (κ3) is 3.30. The van der Waals surface area contributed by atoms with Crippen LogP contribution in [0, 0.1) is 24.1 Å². The number of hydrogen-bond acceptors (Lipinski definition) is 4. The molecule has 9 heteroatoms. The van der Waals surface area contributed by atoms with Gasteiger partial charge in [0.1, 0.15) is 17.6 Å². The van der Waals surface area contributed by atoms with E-state index >= 15 is 0 Å². The van der Waals surface area contributed by atoms with E-state index in [-0.39, 0.29) is 27.7 Å². The number of sulfonamides is 1. The molecule has 122 valence electrons. The predicted octanol–water partition coefficient (Wildman–Crippen LogP) is 2.82. The lowest BCUT2D eigenvalue weighted by atomic mass is 10.1. The van der Waals surface area contributed by atoms with Crippen molar-refractivity contribution in [1.29, 1.82) is 5.26 Å². The summed E-state index contributed by atoms with van der Waals surface area (Å²) in [5.41, 5.74) is 1.19. The lowest BCUT2D eigenvalue weighted by molar-refractivity contribution is 0.602. The van der Waals surface area contributed by atoms with Gasteiger partial charge in [0.2, 0.25) is 10.0 Å². The van der Waals surface area contributed by atoms with Crippen LogP contribution in [-0.4, -0.2) is 24.0 Å². The number of aromatic nitrogens is 2. The summed E-state index contributed by atoms with van der Waals surface area (Å²) in [5, 5.41) is 13.2. The molecule has 1 heterocycles. The molecule has 0 amide bonds. The quantitative estimate of drug-likeness (QED) is 0.912. The smallest absolute Gasteiger partial charge is 0.232 e. The largest absolute Gasteiger partial charge is 0.282 e. The summed E-state index contributed by atoms with van der Waals surface area (Å²) in [6.07, 6.45) is 0. The molecule has 0 radical (unpaired) electrons. The Balaban J connectivity index is 2.63. The summed E-state index contributed by atoms with van der Waals surface area (Å²) in [6, 6.07) is 4.28. The maximum absolute atomic E-state index is 14.3. The van der Waals surface area contributed by atoms with Gasteiger partial charge < -0.3 is 0 Å². The number of anilines is 1. The molecule has 0 atom stereocenters. The normalized spacial score (nSPS) is 11.3. The Morgan fingerprint density at radius 3 is 2.65 bits per heavy atom. The number of nitrogens with zero attached hydrogens (tertiary/aromatic N) is 3. The molecule has 6 nitrogen and oxygen atoms in total. The van der Waals surface area contributed by atoms with E-state index in [2.05, 4.69) is 9.82 Å². The van der Waals surface area contributed by atoms with Crippen LogP contribution in [0.3, 0.4) is 0 Å². The first-order valence-electron chi connectivity index (χ1n) is 6.63. The Morgan fingerprint density at radius 2 is 2.13 bits per heavy atom. The van der Waals surface area contributed by atoms with Gasteiger partial charge in [-0.3, -0.25) is 9.40 Å². The maximum atomic E-state index is 14.3. The fourth-order valence-electron chi connectivity index (χ4n) is 2.09. The Kier molecular flexibility index (Phi) is 4.63. The first kappa shape index (κ1) is 17.2. The third-order valence-electron chi connectivity index (χ3n) is 3.35. The summed E-state index contributed by atoms with van der Waals surface area (Å²) in [6.45, 7) is 3.12. The first-order chi connectivity index (χ1) is 10.7. The van der Waals surface area contributed by atoms with E-state index < -0.39 is 15.8 Å². The molecular weight excluding hydrogens is 343 g/mol. The van der Waals surface area contributed by atoms with Gasteiger partial charge >= 0.3 is 0 Å². The van der Waals surface area contributed by atoms with E-state index in [1.807, 2.05) is 6.07 Å². The van der Waals surface area contributed by atoms with Crippen LogP contribution in [0.2, 0.25) is 5.02 Å². The zero-order valence-corrected chi connectivity index (χ0v) is 14.3. The van der Waals surface area contributed by atoms with Crippen molar-refractivity contribution in [1.82, 2.24) is 9.78 Å². The molecule has 23 heavy (non-hydrogen) atoms. The summed E-state index contributed by atoms with van der Waals surface area (Å²) < 4.78 is 41.3. The van der Waals surface area contributed by atoms with Crippen LogP contribution in [-0.2, 0) is 17.1 Å². The van der Waals surface area contributed by atoms with Crippen LogP contribution in [0.15, 0.2) is 12.1 Å². The molecule has 1 aromatic heterocycles. The Bertz CT molecular complexity index is 916. The molecule has 0 fully saturated rings. The first-order valence-corrected chi connectivity index (χ1v) is 8.66. The van der Waals surface area contributed by atoms with E-state index in [4.69, 9.17) is 16.9 Å². The van der Waals surface area contributed by atoms with Crippen molar-refractivity contribution in [2.24, 2.45) is 7.05 Å². The molecule has 2 rings (SSSR count). The van der Waals surface area contributed by atoms with E-state index in [1.54, 1.807) is 14.0 Å². The average molecular weight is 357 g/mol. The zero-order valence-electron chi connectivity index (χ0n) is 12.7. The molecule has 0 bridgehead atoms. The highest BCUT2D eigenvalue weighted by molar-refractivity contribution is 7.92. The van der Waals surface area contributed by atoms with Gasteiger partial charge in [0, 0.05) is 18.2 Å². The minimum Gasteiger partial charge on any atom is -0.282 e. The summed E-state index contributed by atoms with van der Waals surface area (Å²) in [5.74, 6) is -0.794. The van der Waals surface area contributed by atoms with Gasteiger partial charge in [-0.15, -0.1) is 0 Å². The van der Waals surface area contributed by atoms with Gasteiger partial charge in [0.25, 0.3) is 0 Å². The Hall–Kier alpha value is -2.11. The van der Waals surface area contributed by atoms with Gasteiger partial charge in [0.15, 0.2) is 0 Å². The fraction of sp³-hybridized carbons (Fsp3) is 0.286. The molecule has 0 aliphatic heterocycles. The highest BCUT2D eigenvalue weighted by Gasteiger charge is 2.20. The van der Waals surface area contributed by atoms with Crippen molar-refractivity contribution in [2.45, 2.75) is 13.8 Å². The maximum Gasteiger partial charge on any atom is 0.232 e. The summed E-state index contributed by atoms with van der Waals surface area (Å²) >= 11 is 5.91. The molecule has 1 N–H and O–H groups in total. The number of nitrogens with one attached hydrogen (secondary N) is 1. The molecule has 0 saturated carbocycles. The topological polar surface area (TPSA) is 87.8 Å². The highest BCUT2D eigenvalue weighted by atomic mass is 35.5.